The van der Waals surface area contributed by atoms with Crippen molar-refractivity contribution in [2.45, 2.75) is 18.4 Å². The van der Waals surface area contributed by atoms with Crippen molar-refractivity contribution in [1.82, 2.24) is 4.98 Å². The fourth-order valence-corrected chi connectivity index (χ4v) is 2.13. The number of aromatic nitrogens is 1. The molecule has 0 aliphatic carbocycles. The Kier molecular flexibility index (Phi) is 3.66. The van der Waals surface area contributed by atoms with Crippen molar-refractivity contribution in [3.63, 3.8) is 0 Å². The van der Waals surface area contributed by atoms with Crippen LogP contribution in [0.3, 0.4) is 0 Å². The third-order valence-electron chi connectivity index (χ3n) is 2.49. The van der Waals surface area contributed by atoms with Gasteiger partial charge in [0.2, 0.25) is 0 Å². The largest absolute Gasteiger partial charge is 0.444 e. The molecule has 0 saturated carbocycles. The minimum Gasteiger partial charge on any atom is -0.444 e. The van der Waals surface area contributed by atoms with E-state index in [1.165, 1.54) is 23.9 Å². The van der Waals surface area contributed by atoms with E-state index in [4.69, 9.17) is 4.42 Å². The molecule has 0 saturated heterocycles. The van der Waals surface area contributed by atoms with Crippen molar-refractivity contribution in [3.05, 3.63) is 51.6 Å². The normalized spacial score (nSPS) is 10.6. The first-order chi connectivity index (χ1) is 8.60. The number of hydrogen-bond acceptors (Lipinski definition) is 5. The molecule has 18 heavy (non-hydrogen) atoms. The fourth-order valence-electron chi connectivity index (χ4n) is 1.61. The first-order valence-electron chi connectivity index (χ1n) is 5.34. The SMILES string of the molecule is CSc1nc(Cc2ccc([N+](=O)[O-])cc2)oc1C. The zero-order valence-electron chi connectivity index (χ0n) is 10.0. The van der Waals surface area contributed by atoms with Gasteiger partial charge >= 0.3 is 0 Å². The number of non-ortho nitro benzene ring substituents is 1. The molecule has 0 radical (unpaired) electrons. The number of rotatable bonds is 4. The molecule has 0 aliphatic rings. The Morgan fingerprint density at radius 2 is 2.06 bits per heavy atom. The van der Waals surface area contributed by atoms with Crippen LogP contribution in [0.2, 0.25) is 0 Å². The Hall–Kier alpha value is -1.82. The lowest BCUT2D eigenvalue weighted by atomic mass is 10.1. The van der Waals surface area contributed by atoms with Crippen molar-refractivity contribution in [3.8, 4) is 0 Å². The summed E-state index contributed by atoms with van der Waals surface area (Å²) < 4.78 is 5.52. The summed E-state index contributed by atoms with van der Waals surface area (Å²) in [6.45, 7) is 1.87. The molecule has 0 N–H and O–H groups in total. The van der Waals surface area contributed by atoms with Gasteiger partial charge in [-0.05, 0) is 18.7 Å². The van der Waals surface area contributed by atoms with E-state index in [2.05, 4.69) is 4.98 Å². The molecule has 0 fully saturated rings. The van der Waals surface area contributed by atoms with Gasteiger partial charge in [-0.2, -0.15) is 0 Å². The molecule has 0 atom stereocenters. The molecule has 1 aromatic carbocycles. The Labute approximate surface area is 108 Å². The summed E-state index contributed by atoms with van der Waals surface area (Å²) in [5, 5.41) is 11.4. The first-order valence-corrected chi connectivity index (χ1v) is 6.56. The Balaban J connectivity index is 2.15. The minimum atomic E-state index is -0.412. The lowest BCUT2D eigenvalue weighted by Crippen LogP contribution is -1.91. The molecule has 0 amide bonds. The van der Waals surface area contributed by atoms with Crippen molar-refractivity contribution >= 4 is 17.4 Å². The molecule has 0 bridgehead atoms. The van der Waals surface area contributed by atoms with E-state index in [0.29, 0.717) is 12.3 Å². The second-order valence-corrected chi connectivity index (χ2v) is 4.57. The number of nitrogens with zero attached hydrogens (tertiary/aromatic N) is 2. The molecular formula is C12H12N2O3S. The summed E-state index contributed by atoms with van der Waals surface area (Å²) in [5.41, 5.74) is 1.03. The van der Waals surface area contributed by atoms with Crippen LogP contribution >= 0.6 is 11.8 Å². The van der Waals surface area contributed by atoms with Gasteiger partial charge in [-0.25, -0.2) is 4.98 Å². The quantitative estimate of drug-likeness (QED) is 0.482. The van der Waals surface area contributed by atoms with Crippen molar-refractivity contribution in [2.24, 2.45) is 0 Å². The van der Waals surface area contributed by atoms with E-state index in [0.717, 1.165) is 16.3 Å². The van der Waals surface area contributed by atoms with Crippen LogP contribution in [0.25, 0.3) is 0 Å². The molecule has 94 valence electrons. The highest BCUT2D eigenvalue weighted by Crippen LogP contribution is 2.21. The molecule has 2 rings (SSSR count). The van der Waals surface area contributed by atoms with Crippen LogP contribution < -0.4 is 0 Å². The number of hydrogen-bond donors (Lipinski definition) is 0. The predicted octanol–water partition coefficient (Wildman–Crippen LogP) is 3.20. The molecule has 1 aromatic heterocycles. The van der Waals surface area contributed by atoms with E-state index >= 15 is 0 Å². The molecule has 0 unspecified atom stereocenters. The van der Waals surface area contributed by atoms with Gasteiger partial charge in [0.25, 0.3) is 5.69 Å². The van der Waals surface area contributed by atoms with E-state index in [1.807, 2.05) is 13.2 Å². The molecule has 2 aromatic rings. The van der Waals surface area contributed by atoms with Gasteiger partial charge in [0.1, 0.15) is 10.8 Å². The number of aryl methyl sites for hydroxylation is 1. The second kappa shape index (κ2) is 5.22. The summed E-state index contributed by atoms with van der Waals surface area (Å²) in [6.07, 6.45) is 2.49. The van der Waals surface area contributed by atoms with Gasteiger partial charge in [-0.15, -0.1) is 11.8 Å². The Morgan fingerprint density at radius 1 is 1.39 bits per heavy atom. The maximum Gasteiger partial charge on any atom is 0.269 e. The van der Waals surface area contributed by atoms with Crippen LogP contribution in [0.15, 0.2) is 33.7 Å². The van der Waals surface area contributed by atoms with Crippen LogP contribution in [0.1, 0.15) is 17.2 Å². The highest BCUT2D eigenvalue weighted by molar-refractivity contribution is 7.98. The van der Waals surface area contributed by atoms with Crippen molar-refractivity contribution < 1.29 is 9.34 Å². The van der Waals surface area contributed by atoms with E-state index in [-0.39, 0.29) is 5.69 Å². The van der Waals surface area contributed by atoms with Gasteiger partial charge < -0.3 is 4.42 Å². The number of thioether (sulfide) groups is 1. The summed E-state index contributed by atoms with van der Waals surface area (Å²) in [6, 6.07) is 6.41. The van der Waals surface area contributed by atoms with Gasteiger partial charge in [0.15, 0.2) is 5.89 Å². The zero-order chi connectivity index (χ0) is 13.1. The number of benzene rings is 1. The van der Waals surface area contributed by atoms with Gasteiger partial charge in [-0.1, -0.05) is 12.1 Å². The fraction of sp³-hybridized carbons (Fsp3) is 0.250. The minimum absolute atomic E-state index is 0.0899. The van der Waals surface area contributed by atoms with Crippen molar-refractivity contribution in [1.29, 1.82) is 0 Å². The third kappa shape index (κ3) is 2.70. The molecule has 0 aliphatic heterocycles. The maximum atomic E-state index is 10.5. The Bertz CT molecular complexity index is 563. The number of nitro benzene ring substituents is 1. The second-order valence-electron chi connectivity index (χ2n) is 3.77. The van der Waals surface area contributed by atoms with Crippen LogP contribution in [0.4, 0.5) is 5.69 Å². The smallest absolute Gasteiger partial charge is 0.269 e. The highest BCUT2D eigenvalue weighted by atomic mass is 32.2. The van der Waals surface area contributed by atoms with Crippen LogP contribution in [0.5, 0.6) is 0 Å². The summed E-state index contributed by atoms with van der Waals surface area (Å²) in [5.74, 6) is 1.44. The standard InChI is InChI=1S/C12H12N2O3S/c1-8-12(18-2)13-11(17-8)7-9-3-5-10(6-4-9)14(15)16/h3-6H,7H2,1-2H3. The maximum absolute atomic E-state index is 10.5. The number of nitro groups is 1. The monoisotopic (exact) mass is 264 g/mol. The summed E-state index contributed by atoms with van der Waals surface area (Å²) in [4.78, 5) is 14.5. The third-order valence-corrected chi connectivity index (χ3v) is 3.26. The van der Waals surface area contributed by atoms with Crippen LogP contribution in [-0.2, 0) is 6.42 Å². The molecular weight excluding hydrogens is 252 g/mol. The van der Waals surface area contributed by atoms with Crippen LogP contribution in [0, 0.1) is 17.0 Å². The summed E-state index contributed by atoms with van der Waals surface area (Å²) in [7, 11) is 0. The average Bonchev–Trinajstić information content (AvgIpc) is 2.70. The summed E-state index contributed by atoms with van der Waals surface area (Å²) >= 11 is 1.54. The Morgan fingerprint density at radius 3 is 2.56 bits per heavy atom. The molecule has 1 heterocycles. The molecule has 5 nitrogen and oxygen atoms in total. The average molecular weight is 264 g/mol. The molecule has 6 heteroatoms. The zero-order valence-corrected chi connectivity index (χ0v) is 10.9. The van der Waals surface area contributed by atoms with Gasteiger partial charge in [0, 0.05) is 18.6 Å². The first kappa shape index (κ1) is 12.6. The lowest BCUT2D eigenvalue weighted by molar-refractivity contribution is -0.384. The number of oxazole rings is 1. The van der Waals surface area contributed by atoms with Crippen molar-refractivity contribution in [2.75, 3.05) is 6.26 Å². The van der Waals surface area contributed by atoms with E-state index in [9.17, 15) is 10.1 Å². The van der Waals surface area contributed by atoms with E-state index < -0.39 is 4.92 Å². The highest BCUT2D eigenvalue weighted by Gasteiger charge is 2.10. The van der Waals surface area contributed by atoms with Gasteiger partial charge in [-0.3, -0.25) is 10.1 Å². The molecule has 0 spiro atoms. The van der Waals surface area contributed by atoms with Crippen LogP contribution in [-0.4, -0.2) is 16.2 Å². The predicted molar refractivity (Wildman–Crippen MR) is 68.9 cm³/mol. The van der Waals surface area contributed by atoms with E-state index in [1.54, 1.807) is 12.1 Å². The topological polar surface area (TPSA) is 69.2 Å². The lowest BCUT2D eigenvalue weighted by Gasteiger charge is -1.96. The van der Waals surface area contributed by atoms with Gasteiger partial charge in [0.05, 0.1) is 4.92 Å².